The number of rotatable bonds is 6. The van der Waals surface area contributed by atoms with Crippen molar-refractivity contribution in [3.05, 3.63) is 114 Å². The van der Waals surface area contributed by atoms with Crippen molar-refractivity contribution in [2.45, 2.75) is 19.1 Å². The van der Waals surface area contributed by atoms with E-state index in [2.05, 4.69) is 11.4 Å². The van der Waals surface area contributed by atoms with Crippen molar-refractivity contribution in [1.29, 1.82) is 0 Å². The minimum atomic E-state index is -0.441. The lowest BCUT2D eigenvalue weighted by Gasteiger charge is -2.19. The van der Waals surface area contributed by atoms with Crippen LogP contribution in [0.5, 0.6) is 0 Å². The average Bonchev–Trinajstić information content (AvgIpc) is 2.78. The third-order valence-electron chi connectivity index (χ3n) is 4.78. The number of nitrogens with zero attached hydrogens (tertiary/aromatic N) is 1. The fraction of sp³-hybridized carbons (Fsp3) is 0.120. The molecular formula is C25H22N2O2. The van der Waals surface area contributed by atoms with E-state index in [9.17, 15) is 4.79 Å². The van der Waals surface area contributed by atoms with Gasteiger partial charge in [-0.3, -0.25) is 4.98 Å². The summed E-state index contributed by atoms with van der Waals surface area (Å²) in [6, 6.07) is 31.4. The normalized spacial score (nSPS) is 11.7. The number of benzene rings is 3. The van der Waals surface area contributed by atoms with Gasteiger partial charge in [-0.25, -0.2) is 4.79 Å². The van der Waals surface area contributed by atoms with E-state index in [1.807, 2.05) is 91.0 Å². The molecule has 0 spiro atoms. The predicted molar refractivity (Wildman–Crippen MR) is 114 cm³/mol. The number of amides is 1. The third-order valence-corrected chi connectivity index (χ3v) is 4.78. The van der Waals surface area contributed by atoms with Crippen LogP contribution in [-0.4, -0.2) is 11.1 Å². The van der Waals surface area contributed by atoms with Gasteiger partial charge in [0.25, 0.3) is 0 Å². The van der Waals surface area contributed by atoms with Gasteiger partial charge in [0, 0.05) is 17.5 Å². The Labute approximate surface area is 170 Å². The first kappa shape index (κ1) is 18.7. The van der Waals surface area contributed by atoms with E-state index in [1.165, 1.54) is 0 Å². The first-order chi connectivity index (χ1) is 14.3. The van der Waals surface area contributed by atoms with E-state index >= 15 is 0 Å². The van der Waals surface area contributed by atoms with Gasteiger partial charge in [-0.2, -0.15) is 0 Å². The minimum Gasteiger partial charge on any atom is -0.445 e. The molecule has 4 aromatic rings. The molecule has 0 aliphatic carbocycles. The number of pyridine rings is 1. The minimum absolute atomic E-state index is 0.229. The number of alkyl carbamates (subject to hydrolysis) is 1. The Morgan fingerprint density at radius 3 is 2.31 bits per heavy atom. The average molecular weight is 382 g/mol. The topological polar surface area (TPSA) is 51.2 Å². The summed E-state index contributed by atoms with van der Waals surface area (Å²) in [7, 11) is 0. The van der Waals surface area contributed by atoms with Crippen molar-refractivity contribution in [2.75, 3.05) is 0 Å². The molecule has 0 saturated heterocycles. The molecule has 1 aromatic heterocycles. The van der Waals surface area contributed by atoms with Crippen LogP contribution in [-0.2, 0) is 17.8 Å². The standard InChI is InChI=1S/C25H22N2O2/c28-25(29-18-19-9-3-1-4-10-19)27-24(20-11-5-2-6-12-20)17-22-16-15-21-13-7-8-14-23(21)26-22/h1-16,24H,17-18H2,(H,27,28). The van der Waals surface area contributed by atoms with E-state index < -0.39 is 6.09 Å². The van der Waals surface area contributed by atoms with E-state index in [4.69, 9.17) is 9.72 Å². The van der Waals surface area contributed by atoms with Crippen LogP contribution >= 0.6 is 0 Å². The van der Waals surface area contributed by atoms with Crippen LogP contribution in [0, 0.1) is 0 Å². The van der Waals surface area contributed by atoms with E-state index in [0.29, 0.717) is 6.42 Å². The number of hydrogen-bond donors (Lipinski definition) is 1. The lowest BCUT2D eigenvalue weighted by atomic mass is 10.0. The molecule has 144 valence electrons. The molecule has 29 heavy (non-hydrogen) atoms. The Morgan fingerprint density at radius 1 is 0.828 bits per heavy atom. The van der Waals surface area contributed by atoms with Crippen molar-refractivity contribution >= 4 is 17.0 Å². The second-order valence-corrected chi connectivity index (χ2v) is 6.87. The second kappa shape index (κ2) is 9.02. The number of para-hydroxylation sites is 1. The van der Waals surface area contributed by atoms with Gasteiger partial charge in [-0.15, -0.1) is 0 Å². The number of aromatic nitrogens is 1. The summed E-state index contributed by atoms with van der Waals surface area (Å²) in [6.45, 7) is 0.238. The van der Waals surface area contributed by atoms with Gasteiger partial charge in [0.15, 0.2) is 0 Å². The molecule has 1 amide bonds. The van der Waals surface area contributed by atoms with Crippen LogP contribution in [0.4, 0.5) is 4.79 Å². The zero-order valence-corrected chi connectivity index (χ0v) is 16.0. The summed E-state index contributed by atoms with van der Waals surface area (Å²) in [5, 5.41) is 4.10. The van der Waals surface area contributed by atoms with Crippen molar-refractivity contribution in [2.24, 2.45) is 0 Å². The highest BCUT2D eigenvalue weighted by Crippen LogP contribution is 2.20. The molecular weight excluding hydrogens is 360 g/mol. The zero-order chi connectivity index (χ0) is 19.9. The predicted octanol–water partition coefficient (Wildman–Crippen LogP) is 5.45. The fourth-order valence-corrected chi connectivity index (χ4v) is 3.28. The lowest BCUT2D eigenvalue weighted by molar-refractivity contribution is 0.135. The molecule has 4 rings (SSSR count). The van der Waals surface area contributed by atoms with Gasteiger partial charge in [-0.05, 0) is 23.3 Å². The van der Waals surface area contributed by atoms with Gasteiger partial charge in [0.2, 0.25) is 0 Å². The van der Waals surface area contributed by atoms with Crippen LogP contribution in [0.3, 0.4) is 0 Å². The van der Waals surface area contributed by atoms with E-state index in [1.54, 1.807) is 0 Å². The molecule has 1 atom stereocenters. The molecule has 0 saturated carbocycles. The second-order valence-electron chi connectivity index (χ2n) is 6.87. The van der Waals surface area contributed by atoms with Crippen molar-refractivity contribution in [1.82, 2.24) is 10.3 Å². The fourth-order valence-electron chi connectivity index (χ4n) is 3.28. The third kappa shape index (κ3) is 4.99. The van der Waals surface area contributed by atoms with Gasteiger partial charge in [0.05, 0.1) is 11.6 Å². The lowest BCUT2D eigenvalue weighted by Crippen LogP contribution is -2.30. The van der Waals surface area contributed by atoms with Gasteiger partial charge in [0.1, 0.15) is 6.61 Å². The Balaban J connectivity index is 1.49. The molecule has 1 N–H and O–H groups in total. The van der Waals surface area contributed by atoms with Crippen molar-refractivity contribution < 1.29 is 9.53 Å². The first-order valence-corrected chi connectivity index (χ1v) is 9.65. The molecule has 0 aliphatic rings. The molecule has 0 radical (unpaired) electrons. The van der Waals surface area contributed by atoms with Crippen LogP contribution in [0.1, 0.15) is 22.9 Å². The quantitative estimate of drug-likeness (QED) is 0.483. The molecule has 3 aromatic carbocycles. The van der Waals surface area contributed by atoms with Crippen LogP contribution in [0.15, 0.2) is 97.1 Å². The summed E-state index contributed by atoms with van der Waals surface area (Å²) in [4.78, 5) is 17.2. The molecule has 0 bridgehead atoms. The monoisotopic (exact) mass is 382 g/mol. The number of carbonyl (C=O) groups is 1. The van der Waals surface area contributed by atoms with Gasteiger partial charge < -0.3 is 10.1 Å². The van der Waals surface area contributed by atoms with Gasteiger partial charge in [-0.1, -0.05) is 84.9 Å². The summed E-state index contributed by atoms with van der Waals surface area (Å²) < 4.78 is 5.42. The number of carbonyl (C=O) groups excluding carboxylic acids is 1. The largest absolute Gasteiger partial charge is 0.445 e. The highest BCUT2D eigenvalue weighted by molar-refractivity contribution is 5.78. The van der Waals surface area contributed by atoms with Crippen molar-refractivity contribution in [3.63, 3.8) is 0 Å². The van der Waals surface area contributed by atoms with E-state index in [0.717, 1.165) is 27.7 Å². The Morgan fingerprint density at radius 2 is 1.52 bits per heavy atom. The van der Waals surface area contributed by atoms with Crippen molar-refractivity contribution in [3.8, 4) is 0 Å². The number of nitrogens with one attached hydrogen (secondary N) is 1. The van der Waals surface area contributed by atoms with Gasteiger partial charge >= 0.3 is 6.09 Å². The summed E-state index contributed by atoms with van der Waals surface area (Å²) in [6.07, 6.45) is 0.137. The Hall–Kier alpha value is -3.66. The molecule has 4 nitrogen and oxygen atoms in total. The zero-order valence-electron chi connectivity index (χ0n) is 16.0. The Kier molecular flexibility index (Phi) is 5.81. The maximum absolute atomic E-state index is 12.4. The number of fused-ring (bicyclic) bond motifs is 1. The summed E-state index contributed by atoms with van der Waals surface area (Å²) in [5.74, 6) is 0. The SMILES string of the molecule is O=C(NC(Cc1ccc2ccccc2n1)c1ccccc1)OCc1ccccc1. The number of ether oxygens (including phenoxy) is 1. The summed E-state index contributed by atoms with van der Waals surface area (Å²) in [5.41, 5.74) is 3.83. The maximum Gasteiger partial charge on any atom is 0.407 e. The van der Waals surface area contributed by atoms with E-state index in [-0.39, 0.29) is 12.6 Å². The highest BCUT2D eigenvalue weighted by Gasteiger charge is 2.17. The van der Waals surface area contributed by atoms with Crippen LogP contribution in [0.25, 0.3) is 10.9 Å². The molecule has 1 heterocycles. The highest BCUT2D eigenvalue weighted by atomic mass is 16.5. The molecule has 0 fully saturated rings. The first-order valence-electron chi connectivity index (χ1n) is 9.65. The maximum atomic E-state index is 12.4. The molecule has 4 heteroatoms. The smallest absolute Gasteiger partial charge is 0.407 e. The molecule has 0 aliphatic heterocycles. The molecule has 1 unspecified atom stereocenters. The number of hydrogen-bond acceptors (Lipinski definition) is 3. The van der Waals surface area contributed by atoms with Crippen LogP contribution in [0.2, 0.25) is 0 Å². The Bertz CT molecular complexity index is 1080. The van der Waals surface area contributed by atoms with Crippen LogP contribution < -0.4 is 5.32 Å². The summed E-state index contributed by atoms with van der Waals surface area (Å²) >= 11 is 0.